The smallest absolute Gasteiger partial charge is 0.294 e. The molecule has 0 spiro atoms. The summed E-state index contributed by atoms with van der Waals surface area (Å²) >= 11 is 6.21. The summed E-state index contributed by atoms with van der Waals surface area (Å²) in [5, 5.41) is 5.42. The van der Waals surface area contributed by atoms with Crippen molar-refractivity contribution in [1.82, 2.24) is 14.6 Å². The normalized spacial score (nSPS) is 14.9. The van der Waals surface area contributed by atoms with E-state index in [0.717, 1.165) is 32.5 Å². The first kappa shape index (κ1) is 35.1. The number of benzene rings is 5. The SMILES string of the molecule is COc1ccc2ccc(S(=O)(=O)N[C@H]3CCN(Cc4ccc5ccnc(Cl)c5c4)C3=O)cc2c1.COc1ccc2ccc(S(=O)(=O)O)cc2c1. The van der Waals surface area contributed by atoms with Crippen LogP contribution in [0, 0.1) is 0 Å². The highest BCUT2D eigenvalue weighted by Crippen LogP contribution is 2.27. The molecule has 6 aromatic rings. The van der Waals surface area contributed by atoms with Gasteiger partial charge in [0.25, 0.3) is 10.1 Å². The Balaban J connectivity index is 0.000000226. The van der Waals surface area contributed by atoms with Gasteiger partial charge in [-0.25, -0.2) is 13.4 Å². The van der Waals surface area contributed by atoms with Crippen molar-refractivity contribution >= 4 is 70.0 Å². The monoisotopic (exact) mass is 733 g/mol. The van der Waals surface area contributed by atoms with Gasteiger partial charge in [0.1, 0.15) is 22.7 Å². The van der Waals surface area contributed by atoms with Crippen LogP contribution in [0.25, 0.3) is 32.3 Å². The second-order valence-corrected chi connectivity index (χ2v) is 15.1. The highest BCUT2D eigenvalue weighted by molar-refractivity contribution is 7.89. The predicted molar refractivity (Wildman–Crippen MR) is 192 cm³/mol. The summed E-state index contributed by atoms with van der Waals surface area (Å²) in [5.74, 6) is 1.03. The van der Waals surface area contributed by atoms with Gasteiger partial charge in [0.15, 0.2) is 0 Å². The minimum Gasteiger partial charge on any atom is -0.497 e. The van der Waals surface area contributed by atoms with Crippen LogP contribution >= 0.6 is 11.6 Å². The van der Waals surface area contributed by atoms with Crippen LogP contribution in [-0.4, -0.2) is 64.0 Å². The molecule has 7 rings (SSSR count). The standard InChI is InChI=1S/C25H22ClN3O4S.C11H10O4S/c1-33-20-6-4-17-5-7-21(14-19(17)13-20)34(31,32)28-23-9-11-29(25(23)30)15-16-2-3-18-8-10-27-24(26)22(18)12-16;1-15-10-4-2-8-3-5-11(16(12,13)14)7-9(8)6-10/h2-8,10,12-14,23,28H,9,11,15H2,1H3;2-7H,1H3,(H,12,13,14)/t23-;/m0./s1. The number of hydrogen-bond donors (Lipinski definition) is 2. The van der Waals surface area contributed by atoms with Crippen molar-refractivity contribution in [3.63, 3.8) is 0 Å². The van der Waals surface area contributed by atoms with Gasteiger partial charge in [-0.1, -0.05) is 48.0 Å². The molecule has 2 heterocycles. The van der Waals surface area contributed by atoms with Gasteiger partial charge in [0.2, 0.25) is 15.9 Å². The number of carbonyl (C=O) groups excluding carboxylic acids is 1. The van der Waals surface area contributed by atoms with Gasteiger partial charge in [-0.05, 0) is 99.6 Å². The Labute approximate surface area is 294 Å². The van der Waals surface area contributed by atoms with Crippen molar-refractivity contribution < 1.29 is 35.7 Å². The van der Waals surface area contributed by atoms with Gasteiger partial charge in [-0.3, -0.25) is 9.35 Å². The van der Waals surface area contributed by atoms with E-state index in [0.29, 0.717) is 41.5 Å². The molecular weight excluding hydrogens is 702 g/mol. The third kappa shape index (κ3) is 7.67. The summed E-state index contributed by atoms with van der Waals surface area (Å²) in [6.45, 7) is 0.827. The number of rotatable bonds is 8. The van der Waals surface area contributed by atoms with E-state index in [2.05, 4.69) is 9.71 Å². The zero-order chi connectivity index (χ0) is 35.6. The fourth-order valence-corrected chi connectivity index (χ4v) is 7.74. The molecule has 0 saturated carbocycles. The first-order valence-corrected chi connectivity index (χ1v) is 18.6. The number of sulfonamides is 1. The van der Waals surface area contributed by atoms with Gasteiger partial charge in [-0.2, -0.15) is 13.1 Å². The van der Waals surface area contributed by atoms with Gasteiger partial charge in [0, 0.05) is 24.7 Å². The number of hydrogen-bond acceptors (Lipinski definition) is 8. The van der Waals surface area contributed by atoms with Crippen molar-refractivity contribution in [3.05, 3.63) is 114 Å². The van der Waals surface area contributed by atoms with E-state index in [9.17, 15) is 21.6 Å². The average Bonchev–Trinajstić information content (AvgIpc) is 3.44. The van der Waals surface area contributed by atoms with Gasteiger partial charge in [-0.15, -0.1) is 0 Å². The summed E-state index contributed by atoms with van der Waals surface area (Å²) < 4.78 is 69.8. The van der Waals surface area contributed by atoms with Crippen LogP contribution in [0.5, 0.6) is 11.5 Å². The minimum atomic E-state index is -4.15. The number of nitrogens with one attached hydrogen (secondary N) is 1. The molecule has 258 valence electrons. The number of methoxy groups -OCH3 is 2. The van der Waals surface area contributed by atoms with Crippen molar-refractivity contribution in [2.45, 2.75) is 28.8 Å². The number of nitrogens with zero attached hydrogens (tertiary/aromatic N) is 2. The molecule has 1 amide bonds. The fourth-order valence-electron chi connectivity index (χ4n) is 5.75. The van der Waals surface area contributed by atoms with Crippen LogP contribution in [0.1, 0.15) is 12.0 Å². The van der Waals surface area contributed by atoms with E-state index in [1.807, 2.05) is 42.5 Å². The predicted octanol–water partition coefficient (Wildman–Crippen LogP) is 6.22. The molecule has 2 N–H and O–H groups in total. The van der Waals surface area contributed by atoms with Gasteiger partial charge < -0.3 is 14.4 Å². The Morgan fingerprint density at radius 2 is 1.36 bits per heavy atom. The van der Waals surface area contributed by atoms with Crippen LogP contribution in [-0.2, 0) is 31.5 Å². The topological polar surface area (TPSA) is 152 Å². The first-order valence-electron chi connectivity index (χ1n) is 15.3. The molecule has 1 fully saturated rings. The molecular formula is C36H32ClN3O8S2. The average molecular weight is 734 g/mol. The molecule has 0 aliphatic carbocycles. The molecule has 11 nitrogen and oxygen atoms in total. The lowest BCUT2D eigenvalue weighted by atomic mass is 10.1. The van der Waals surface area contributed by atoms with Crippen molar-refractivity contribution in [2.75, 3.05) is 20.8 Å². The fraction of sp³-hybridized carbons (Fsp3) is 0.167. The third-order valence-corrected chi connectivity index (χ3v) is 11.0. The Bertz CT molecular complexity index is 2480. The molecule has 1 atom stereocenters. The molecule has 50 heavy (non-hydrogen) atoms. The van der Waals surface area contributed by atoms with Crippen LogP contribution in [0.15, 0.2) is 113 Å². The lowest BCUT2D eigenvalue weighted by molar-refractivity contribution is -0.129. The number of aromatic nitrogens is 1. The van der Waals surface area contributed by atoms with Crippen molar-refractivity contribution in [1.29, 1.82) is 0 Å². The molecule has 5 aromatic carbocycles. The Kier molecular flexibility index (Phi) is 9.96. The number of ether oxygens (including phenoxy) is 2. The number of carbonyl (C=O) groups is 1. The minimum absolute atomic E-state index is 0.108. The molecule has 0 bridgehead atoms. The van der Waals surface area contributed by atoms with E-state index < -0.39 is 26.2 Å². The highest BCUT2D eigenvalue weighted by Gasteiger charge is 2.35. The molecule has 0 unspecified atom stereocenters. The zero-order valence-electron chi connectivity index (χ0n) is 26.9. The van der Waals surface area contributed by atoms with E-state index in [-0.39, 0.29) is 15.7 Å². The van der Waals surface area contributed by atoms with Gasteiger partial charge in [0.05, 0.1) is 24.0 Å². The molecule has 1 aliphatic heterocycles. The van der Waals surface area contributed by atoms with E-state index in [1.54, 1.807) is 60.7 Å². The molecule has 14 heteroatoms. The summed E-state index contributed by atoms with van der Waals surface area (Å²) in [5.41, 5.74) is 0.905. The first-order chi connectivity index (χ1) is 23.8. The number of halogens is 1. The van der Waals surface area contributed by atoms with Crippen molar-refractivity contribution in [3.8, 4) is 11.5 Å². The second-order valence-electron chi connectivity index (χ2n) is 11.6. The highest BCUT2D eigenvalue weighted by atomic mass is 35.5. The Hall–Kier alpha value is -4.79. The van der Waals surface area contributed by atoms with Gasteiger partial charge >= 0.3 is 0 Å². The van der Waals surface area contributed by atoms with Crippen LogP contribution < -0.4 is 14.2 Å². The summed E-state index contributed by atoms with van der Waals surface area (Å²) in [6, 6.07) is 26.9. The third-order valence-electron chi connectivity index (χ3n) is 8.40. The number of pyridine rings is 1. The Morgan fingerprint density at radius 1 is 0.780 bits per heavy atom. The number of likely N-dealkylation sites (tertiary alicyclic amines) is 1. The summed E-state index contributed by atoms with van der Waals surface area (Å²) in [4.78, 5) is 18.7. The van der Waals surface area contributed by atoms with Crippen LogP contribution in [0.3, 0.4) is 0 Å². The number of fused-ring (bicyclic) bond motifs is 3. The van der Waals surface area contributed by atoms with E-state index in [1.165, 1.54) is 19.2 Å². The maximum Gasteiger partial charge on any atom is 0.294 e. The van der Waals surface area contributed by atoms with Crippen molar-refractivity contribution in [2.24, 2.45) is 0 Å². The largest absolute Gasteiger partial charge is 0.497 e. The van der Waals surface area contributed by atoms with Crippen LogP contribution in [0.2, 0.25) is 5.15 Å². The maximum atomic E-state index is 13.0. The summed E-state index contributed by atoms with van der Waals surface area (Å²) in [7, 11) is -4.94. The Morgan fingerprint density at radius 3 is 1.98 bits per heavy atom. The maximum absolute atomic E-state index is 13.0. The molecule has 1 aliphatic rings. The molecule has 0 radical (unpaired) electrons. The second kappa shape index (κ2) is 14.2. The summed E-state index contributed by atoms with van der Waals surface area (Å²) in [6.07, 6.45) is 2.05. The van der Waals surface area contributed by atoms with Crippen LogP contribution in [0.4, 0.5) is 0 Å². The van der Waals surface area contributed by atoms with E-state index >= 15 is 0 Å². The van der Waals surface area contributed by atoms with E-state index in [4.69, 9.17) is 25.6 Å². The lowest BCUT2D eigenvalue weighted by Crippen LogP contribution is -2.41. The number of amides is 1. The molecule has 1 aromatic heterocycles. The lowest BCUT2D eigenvalue weighted by Gasteiger charge is -2.18. The molecule has 1 saturated heterocycles. The quantitative estimate of drug-likeness (QED) is 0.137. The zero-order valence-corrected chi connectivity index (χ0v) is 29.3.